The Hall–Kier alpha value is -3.06. The number of ether oxygens (including phenoxy) is 1. The summed E-state index contributed by atoms with van der Waals surface area (Å²) < 4.78 is 7.67. The number of nitrogens with zero attached hydrogens (tertiary/aromatic N) is 3. The maximum absolute atomic E-state index is 8.75. The number of hydrogen-bond acceptors (Lipinski definition) is 3. The van der Waals surface area contributed by atoms with Crippen LogP contribution in [0.1, 0.15) is 11.1 Å². The number of benzene rings is 2. The molecule has 3 rings (SSSR count). The SMILES string of the molecule is N#Cc1ccc(COc2ccc(-n3ccnc3)cc2)cc1. The average Bonchev–Trinajstić information content (AvgIpc) is 3.08. The van der Waals surface area contributed by atoms with Crippen molar-refractivity contribution in [2.75, 3.05) is 0 Å². The minimum absolute atomic E-state index is 0.482. The Bertz CT molecular complexity index is 738. The Morgan fingerprint density at radius 1 is 1.05 bits per heavy atom. The monoisotopic (exact) mass is 275 g/mol. The van der Waals surface area contributed by atoms with E-state index in [4.69, 9.17) is 10.00 Å². The van der Waals surface area contributed by atoms with Crippen LogP contribution in [-0.2, 0) is 6.61 Å². The lowest BCUT2D eigenvalue weighted by Gasteiger charge is -2.08. The molecule has 0 bridgehead atoms. The van der Waals surface area contributed by atoms with Gasteiger partial charge in [-0.2, -0.15) is 5.26 Å². The van der Waals surface area contributed by atoms with Gasteiger partial charge in [-0.15, -0.1) is 0 Å². The van der Waals surface area contributed by atoms with Gasteiger partial charge in [-0.05, 0) is 42.0 Å². The highest BCUT2D eigenvalue weighted by atomic mass is 16.5. The van der Waals surface area contributed by atoms with Crippen molar-refractivity contribution in [2.45, 2.75) is 6.61 Å². The van der Waals surface area contributed by atoms with Gasteiger partial charge in [0, 0.05) is 18.1 Å². The molecule has 0 saturated carbocycles. The van der Waals surface area contributed by atoms with Crippen LogP contribution in [0.2, 0.25) is 0 Å². The molecule has 0 N–H and O–H groups in total. The van der Waals surface area contributed by atoms with Gasteiger partial charge in [0.15, 0.2) is 0 Å². The summed E-state index contributed by atoms with van der Waals surface area (Å²) in [5, 5.41) is 8.75. The Morgan fingerprint density at radius 3 is 2.43 bits per heavy atom. The van der Waals surface area contributed by atoms with Gasteiger partial charge in [-0.25, -0.2) is 4.98 Å². The lowest BCUT2D eigenvalue weighted by atomic mass is 10.2. The Labute approximate surface area is 122 Å². The average molecular weight is 275 g/mol. The number of nitriles is 1. The summed E-state index contributed by atoms with van der Waals surface area (Å²) >= 11 is 0. The molecule has 21 heavy (non-hydrogen) atoms. The molecular weight excluding hydrogens is 262 g/mol. The summed E-state index contributed by atoms with van der Waals surface area (Å²) in [5.41, 5.74) is 2.73. The third-order valence-corrected chi connectivity index (χ3v) is 3.13. The van der Waals surface area contributed by atoms with Crippen molar-refractivity contribution >= 4 is 0 Å². The van der Waals surface area contributed by atoms with Gasteiger partial charge in [0.25, 0.3) is 0 Å². The second-order valence-electron chi connectivity index (χ2n) is 4.56. The zero-order valence-electron chi connectivity index (χ0n) is 11.3. The minimum Gasteiger partial charge on any atom is -0.489 e. The second-order valence-corrected chi connectivity index (χ2v) is 4.56. The summed E-state index contributed by atoms with van der Waals surface area (Å²) in [6, 6.07) is 17.3. The summed E-state index contributed by atoms with van der Waals surface area (Å²) in [5.74, 6) is 0.809. The molecule has 0 aliphatic carbocycles. The van der Waals surface area contributed by atoms with E-state index in [0.29, 0.717) is 12.2 Å². The van der Waals surface area contributed by atoms with Crippen molar-refractivity contribution in [1.82, 2.24) is 9.55 Å². The summed E-state index contributed by atoms with van der Waals surface area (Å²) in [6.45, 7) is 0.482. The van der Waals surface area contributed by atoms with Crippen LogP contribution < -0.4 is 4.74 Å². The van der Waals surface area contributed by atoms with E-state index in [2.05, 4.69) is 11.1 Å². The molecule has 0 fully saturated rings. The topological polar surface area (TPSA) is 50.8 Å². The fraction of sp³-hybridized carbons (Fsp3) is 0.0588. The van der Waals surface area contributed by atoms with E-state index < -0.39 is 0 Å². The molecule has 1 aromatic heterocycles. The van der Waals surface area contributed by atoms with Crippen molar-refractivity contribution in [3.05, 3.63) is 78.4 Å². The molecule has 2 aromatic carbocycles. The maximum Gasteiger partial charge on any atom is 0.119 e. The molecule has 0 unspecified atom stereocenters. The van der Waals surface area contributed by atoms with Gasteiger partial charge < -0.3 is 9.30 Å². The highest BCUT2D eigenvalue weighted by molar-refractivity contribution is 5.37. The molecule has 0 amide bonds. The van der Waals surface area contributed by atoms with Gasteiger partial charge in [0.1, 0.15) is 12.4 Å². The Morgan fingerprint density at radius 2 is 1.81 bits per heavy atom. The largest absolute Gasteiger partial charge is 0.489 e. The first-order chi connectivity index (χ1) is 10.3. The molecular formula is C17H13N3O. The molecule has 0 radical (unpaired) electrons. The van der Waals surface area contributed by atoms with Crippen LogP contribution in [0.3, 0.4) is 0 Å². The zero-order chi connectivity index (χ0) is 14.5. The van der Waals surface area contributed by atoms with E-state index in [0.717, 1.165) is 17.0 Å². The smallest absolute Gasteiger partial charge is 0.119 e. The number of hydrogen-bond donors (Lipinski definition) is 0. The van der Waals surface area contributed by atoms with E-state index in [1.807, 2.05) is 47.2 Å². The molecule has 1 heterocycles. The van der Waals surface area contributed by atoms with Crippen LogP contribution in [-0.4, -0.2) is 9.55 Å². The Balaban J connectivity index is 1.64. The molecule has 0 aliphatic rings. The molecule has 4 heteroatoms. The normalized spacial score (nSPS) is 10.0. The first-order valence-corrected chi connectivity index (χ1v) is 6.55. The van der Waals surface area contributed by atoms with Gasteiger partial charge >= 0.3 is 0 Å². The highest BCUT2D eigenvalue weighted by Gasteiger charge is 1.99. The molecule has 0 aliphatic heterocycles. The van der Waals surface area contributed by atoms with Crippen molar-refractivity contribution in [3.8, 4) is 17.5 Å². The van der Waals surface area contributed by atoms with Crippen LogP contribution in [0.25, 0.3) is 5.69 Å². The van der Waals surface area contributed by atoms with Crippen LogP contribution in [0, 0.1) is 11.3 Å². The third-order valence-electron chi connectivity index (χ3n) is 3.13. The third kappa shape index (κ3) is 3.10. The van der Waals surface area contributed by atoms with Crippen LogP contribution >= 0.6 is 0 Å². The summed E-state index contributed by atoms with van der Waals surface area (Å²) in [6.07, 6.45) is 5.40. The lowest BCUT2D eigenvalue weighted by Crippen LogP contribution is -1.96. The van der Waals surface area contributed by atoms with Crippen LogP contribution in [0.15, 0.2) is 67.3 Å². The van der Waals surface area contributed by atoms with E-state index in [-0.39, 0.29) is 0 Å². The van der Waals surface area contributed by atoms with Gasteiger partial charge in [0.05, 0.1) is 18.0 Å². The van der Waals surface area contributed by atoms with Gasteiger partial charge in [-0.1, -0.05) is 12.1 Å². The van der Waals surface area contributed by atoms with Crippen molar-refractivity contribution in [2.24, 2.45) is 0 Å². The zero-order valence-corrected chi connectivity index (χ0v) is 11.3. The standard InChI is InChI=1S/C17H13N3O/c18-11-14-1-3-15(4-2-14)12-21-17-7-5-16(6-8-17)20-10-9-19-13-20/h1-10,13H,12H2. The van der Waals surface area contributed by atoms with Gasteiger partial charge in [-0.3, -0.25) is 0 Å². The quantitative estimate of drug-likeness (QED) is 0.734. The molecule has 0 atom stereocenters. The van der Waals surface area contributed by atoms with Crippen molar-refractivity contribution in [3.63, 3.8) is 0 Å². The predicted molar refractivity (Wildman–Crippen MR) is 79.1 cm³/mol. The molecule has 102 valence electrons. The Kier molecular flexibility index (Phi) is 3.66. The van der Waals surface area contributed by atoms with Crippen molar-refractivity contribution in [1.29, 1.82) is 5.26 Å². The first-order valence-electron chi connectivity index (χ1n) is 6.55. The van der Waals surface area contributed by atoms with Crippen LogP contribution in [0.4, 0.5) is 0 Å². The molecule has 4 nitrogen and oxygen atoms in total. The lowest BCUT2D eigenvalue weighted by molar-refractivity contribution is 0.306. The number of rotatable bonds is 4. The summed E-state index contributed by atoms with van der Waals surface area (Å²) in [7, 11) is 0. The fourth-order valence-corrected chi connectivity index (χ4v) is 1.97. The maximum atomic E-state index is 8.75. The fourth-order valence-electron chi connectivity index (χ4n) is 1.97. The number of aromatic nitrogens is 2. The summed E-state index contributed by atoms with van der Waals surface area (Å²) in [4.78, 5) is 4.02. The van der Waals surface area contributed by atoms with E-state index in [1.54, 1.807) is 24.7 Å². The second kappa shape index (κ2) is 5.93. The van der Waals surface area contributed by atoms with Gasteiger partial charge in [0.2, 0.25) is 0 Å². The van der Waals surface area contributed by atoms with Crippen molar-refractivity contribution < 1.29 is 4.74 Å². The first kappa shape index (κ1) is 12.9. The molecule has 0 saturated heterocycles. The van der Waals surface area contributed by atoms with Crippen LogP contribution in [0.5, 0.6) is 5.75 Å². The minimum atomic E-state index is 0.482. The number of imidazole rings is 1. The molecule has 3 aromatic rings. The molecule has 0 spiro atoms. The van der Waals surface area contributed by atoms with E-state index >= 15 is 0 Å². The van der Waals surface area contributed by atoms with E-state index in [1.165, 1.54) is 0 Å². The highest BCUT2D eigenvalue weighted by Crippen LogP contribution is 2.16. The predicted octanol–water partition coefficient (Wildman–Crippen LogP) is 3.32. The van der Waals surface area contributed by atoms with E-state index in [9.17, 15) is 0 Å².